The lowest BCUT2D eigenvalue weighted by Crippen LogP contribution is -2.35. The quantitative estimate of drug-likeness (QED) is 0.931. The molecule has 6 heteroatoms. The molecule has 1 aliphatic heterocycles. The third kappa shape index (κ3) is 2.76. The maximum Gasteiger partial charge on any atom is 0.247 e. The van der Waals surface area contributed by atoms with Crippen molar-refractivity contribution in [1.82, 2.24) is 20.2 Å². The van der Waals surface area contributed by atoms with Gasteiger partial charge in [0.15, 0.2) is 0 Å². The molecule has 0 radical (unpaired) electrons. The summed E-state index contributed by atoms with van der Waals surface area (Å²) >= 11 is 0. The van der Waals surface area contributed by atoms with Crippen LogP contribution in [0.1, 0.15) is 25.7 Å². The normalized spacial score (nSPS) is 25.7. The summed E-state index contributed by atoms with van der Waals surface area (Å²) in [6.07, 6.45) is 5.10. The highest BCUT2D eigenvalue weighted by atomic mass is 16.5. The summed E-state index contributed by atoms with van der Waals surface area (Å²) in [4.78, 5) is 0. The number of rotatable bonds is 4. The lowest BCUT2D eigenvalue weighted by atomic mass is 10.0. The van der Waals surface area contributed by atoms with Gasteiger partial charge in [0.1, 0.15) is 0 Å². The predicted molar refractivity (Wildman–Crippen MR) is 78.3 cm³/mol. The molecule has 6 nitrogen and oxygen atoms in total. The van der Waals surface area contributed by atoms with Crippen LogP contribution < -0.4 is 5.32 Å². The van der Waals surface area contributed by atoms with Crippen molar-refractivity contribution in [3.8, 4) is 5.69 Å². The Labute approximate surface area is 123 Å². The van der Waals surface area contributed by atoms with E-state index in [9.17, 15) is 0 Å². The number of nitrogens with zero attached hydrogens (tertiary/aromatic N) is 4. The Balaban J connectivity index is 1.48. The minimum absolute atomic E-state index is 0.387. The highest BCUT2D eigenvalue weighted by Gasteiger charge is 2.36. The predicted octanol–water partition coefficient (Wildman–Crippen LogP) is 2.03. The number of nitrogens with one attached hydrogen (secondary N) is 1. The fourth-order valence-corrected chi connectivity index (χ4v) is 2.96. The van der Waals surface area contributed by atoms with Gasteiger partial charge in [-0.15, -0.1) is 0 Å². The van der Waals surface area contributed by atoms with Gasteiger partial charge in [-0.2, -0.15) is 4.68 Å². The molecule has 1 N–H and O–H groups in total. The molecule has 2 atom stereocenters. The number of tetrazole rings is 1. The molecule has 2 unspecified atom stereocenters. The second-order valence-electron chi connectivity index (χ2n) is 5.86. The fourth-order valence-electron chi connectivity index (χ4n) is 2.96. The molecule has 1 aromatic carbocycles. The van der Waals surface area contributed by atoms with E-state index in [0.29, 0.717) is 18.1 Å². The van der Waals surface area contributed by atoms with Gasteiger partial charge in [0, 0.05) is 12.6 Å². The first-order chi connectivity index (χ1) is 10.4. The summed E-state index contributed by atoms with van der Waals surface area (Å²) in [5.74, 6) is 1.49. The third-order valence-electron chi connectivity index (χ3n) is 4.27. The van der Waals surface area contributed by atoms with E-state index in [0.717, 1.165) is 31.1 Å². The second kappa shape index (κ2) is 5.44. The van der Waals surface area contributed by atoms with E-state index < -0.39 is 0 Å². The van der Waals surface area contributed by atoms with Crippen LogP contribution >= 0.6 is 0 Å². The van der Waals surface area contributed by atoms with Gasteiger partial charge in [-0.25, -0.2) is 0 Å². The number of benzene rings is 1. The SMILES string of the molecule is c1ccc(-n2nnnc2NC2CCOC(C3CC3)C2)cc1. The Morgan fingerprint density at radius 3 is 2.81 bits per heavy atom. The van der Waals surface area contributed by atoms with Crippen molar-refractivity contribution < 1.29 is 4.74 Å². The average Bonchev–Trinajstić information content (AvgIpc) is 3.29. The monoisotopic (exact) mass is 285 g/mol. The first-order valence-corrected chi connectivity index (χ1v) is 7.62. The van der Waals surface area contributed by atoms with Gasteiger partial charge in [-0.05, 0) is 54.2 Å². The number of hydrogen-bond acceptors (Lipinski definition) is 5. The van der Waals surface area contributed by atoms with Gasteiger partial charge >= 0.3 is 0 Å². The molecule has 4 rings (SSSR count). The average molecular weight is 285 g/mol. The van der Waals surface area contributed by atoms with Crippen LogP contribution in [0.25, 0.3) is 5.69 Å². The molecular weight excluding hydrogens is 266 g/mol. The number of ether oxygens (including phenoxy) is 1. The van der Waals surface area contributed by atoms with Gasteiger partial charge < -0.3 is 10.1 Å². The van der Waals surface area contributed by atoms with Crippen LogP contribution in [0.5, 0.6) is 0 Å². The smallest absolute Gasteiger partial charge is 0.247 e. The van der Waals surface area contributed by atoms with Gasteiger partial charge in [0.2, 0.25) is 5.95 Å². The molecule has 110 valence electrons. The van der Waals surface area contributed by atoms with Crippen molar-refractivity contribution in [3.63, 3.8) is 0 Å². The standard InChI is InChI=1S/C15H19N5O/c1-2-4-13(5-3-1)20-15(17-18-19-20)16-12-8-9-21-14(10-12)11-6-7-11/h1-5,11-12,14H,6-10H2,(H,16,17,19). The van der Waals surface area contributed by atoms with Crippen molar-refractivity contribution >= 4 is 5.95 Å². The summed E-state index contributed by atoms with van der Waals surface area (Å²) < 4.78 is 7.62. The Bertz CT molecular complexity index is 595. The first-order valence-electron chi connectivity index (χ1n) is 7.62. The molecule has 0 amide bonds. The van der Waals surface area contributed by atoms with Crippen molar-refractivity contribution in [2.24, 2.45) is 5.92 Å². The molecule has 21 heavy (non-hydrogen) atoms. The molecule has 1 saturated heterocycles. The molecule has 2 aliphatic rings. The molecule has 2 fully saturated rings. The maximum absolute atomic E-state index is 5.87. The van der Waals surface area contributed by atoms with Crippen LogP contribution in [0.15, 0.2) is 30.3 Å². The number of hydrogen-bond donors (Lipinski definition) is 1. The topological polar surface area (TPSA) is 64.9 Å². The minimum atomic E-state index is 0.387. The zero-order chi connectivity index (χ0) is 14.1. The van der Waals surface area contributed by atoms with Gasteiger partial charge in [-0.3, -0.25) is 0 Å². The molecule has 1 aliphatic carbocycles. The fraction of sp³-hybridized carbons (Fsp3) is 0.533. The molecule has 2 aromatic rings. The first kappa shape index (κ1) is 12.8. The summed E-state index contributed by atoms with van der Waals surface area (Å²) in [5, 5.41) is 15.5. The van der Waals surface area contributed by atoms with E-state index in [1.165, 1.54) is 12.8 Å². The Morgan fingerprint density at radius 1 is 1.14 bits per heavy atom. The third-order valence-corrected chi connectivity index (χ3v) is 4.27. The van der Waals surface area contributed by atoms with Crippen LogP contribution in [-0.4, -0.2) is 39.0 Å². The molecule has 0 spiro atoms. The second-order valence-corrected chi connectivity index (χ2v) is 5.86. The van der Waals surface area contributed by atoms with E-state index in [-0.39, 0.29) is 0 Å². The highest BCUT2D eigenvalue weighted by molar-refractivity contribution is 5.38. The van der Waals surface area contributed by atoms with Crippen molar-refractivity contribution in [2.45, 2.75) is 37.8 Å². The summed E-state index contributed by atoms with van der Waals surface area (Å²) in [6.45, 7) is 0.825. The summed E-state index contributed by atoms with van der Waals surface area (Å²) in [7, 11) is 0. The van der Waals surface area contributed by atoms with Crippen LogP contribution in [-0.2, 0) is 4.74 Å². The summed E-state index contributed by atoms with van der Waals surface area (Å²) in [6, 6.07) is 10.3. The van der Waals surface area contributed by atoms with Crippen molar-refractivity contribution in [3.05, 3.63) is 30.3 Å². The van der Waals surface area contributed by atoms with E-state index in [4.69, 9.17) is 4.74 Å². The van der Waals surface area contributed by atoms with Gasteiger partial charge in [0.25, 0.3) is 0 Å². The molecule has 1 aromatic heterocycles. The van der Waals surface area contributed by atoms with Gasteiger partial charge in [0.05, 0.1) is 11.8 Å². The number of anilines is 1. The molecule has 2 heterocycles. The zero-order valence-electron chi connectivity index (χ0n) is 11.9. The lowest BCUT2D eigenvalue weighted by Gasteiger charge is -2.30. The van der Waals surface area contributed by atoms with Crippen LogP contribution in [0.3, 0.4) is 0 Å². The Hall–Kier alpha value is -1.95. The zero-order valence-corrected chi connectivity index (χ0v) is 11.9. The summed E-state index contributed by atoms with van der Waals surface area (Å²) in [5.41, 5.74) is 0.968. The van der Waals surface area contributed by atoms with E-state index in [1.807, 2.05) is 30.3 Å². The number of aromatic nitrogens is 4. The molecular formula is C15H19N5O. The van der Waals surface area contributed by atoms with Crippen LogP contribution in [0.2, 0.25) is 0 Å². The lowest BCUT2D eigenvalue weighted by molar-refractivity contribution is -0.00231. The van der Waals surface area contributed by atoms with E-state index >= 15 is 0 Å². The van der Waals surface area contributed by atoms with Crippen molar-refractivity contribution in [2.75, 3.05) is 11.9 Å². The number of para-hydroxylation sites is 1. The highest BCUT2D eigenvalue weighted by Crippen LogP contribution is 2.38. The Morgan fingerprint density at radius 2 is 2.00 bits per heavy atom. The van der Waals surface area contributed by atoms with E-state index in [2.05, 4.69) is 20.8 Å². The largest absolute Gasteiger partial charge is 0.378 e. The molecule has 0 bridgehead atoms. The maximum atomic E-state index is 5.87. The Kier molecular flexibility index (Phi) is 3.31. The van der Waals surface area contributed by atoms with E-state index in [1.54, 1.807) is 4.68 Å². The van der Waals surface area contributed by atoms with Crippen LogP contribution in [0.4, 0.5) is 5.95 Å². The van der Waals surface area contributed by atoms with Crippen molar-refractivity contribution in [1.29, 1.82) is 0 Å². The molecule has 1 saturated carbocycles. The minimum Gasteiger partial charge on any atom is -0.378 e. The van der Waals surface area contributed by atoms with Gasteiger partial charge in [-0.1, -0.05) is 23.3 Å². The van der Waals surface area contributed by atoms with Crippen LogP contribution in [0, 0.1) is 5.92 Å².